The van der Waals surface area contributed by atoms with Crippen LogP contribution in [0.15, 0.2) is 0 Å². The minimum absolute atomic E-state index is 0.0136. The van der Waals surface area contributed by atoms with Crippen molar-refractivity contribution >= 4 is 58.9 Å². The molecule has 0 aromatic rings. The molecule has 3 atom stereocenters. The number of aliphatic carboxylic acids is 4. The predicted molar refractivity (Wildman–Crippen MR) is 259 cm³/mol. The van der Waals surface area contributed by atoms with Crippen LogP contribution in [0.1, 0.15) is 174 Å². The van der Waals surface area contributed by atoms with Gasteiger partial charge in [-0.25, -0.2) is 9.59 Å². The Labute approximate surface area is 419 Å². The van der Waals surface area contributed by atoms with E-state index in [1.165, 1.54) is 25.7 Å². The van der Waals surface area contributed by atoms with Crippen LogP contribution in [0.5, 0.6) is 0 Å². The highest BCUT2D eigenvalue weighted by Crippen LogP contribution is 2.17. The van der Waals surface area contributed by atoms with Gasteiger partial charge in [-0.3, -0.25) is 38.4 Å². The Bertz CT molecular complexity index is 1570. The number of carboxylic acid groups (broad SMARTS) is 4. The summed E-state index contributed by atoms with van der Waals surface area (Å²) in [5.41, 5.74) is 0. The summed E-state index contributed by atoms with van der Waals surface area (Å²) in [5.74, 6) is -8.10. The number of rotatable bonds is 51. The van der Waals surface area contributed by atoms with E-state index in [2.05, 4.69) is 16.0 Å². The molecule has 0 unspecified atom stereocenters. The van der Waals surface area contributed by atoms with Crippen molar-refractivity contribution in [3.8, 4) is 0 Å². The molecule has 0 saturated carbocycles. The number of hydrogen-bond acceptors (Lipinski definition) is 14. The van der Waals surface area contributed by atoms with Crippen molar-refractivity contribution in [2.45, 2.75) is 186 Å². The summed E-state index contributed by atoms with van der Waals surface area (Å²) in [6.07, 6.45) is 14.5. The molecule has 0 spiro atoms. The number of hydrogen-bond donors (Lipinski definition) is 7. The Balaban J connectivity index is 4.00. The van der Waals surface area contributed by atoms with Crippen LogP contribution in [0.2, 0.25) is 0 Å². The molecule has 0 fully saturated rings. The lowest BCUT2D eigenvalue weighted by molar-refractivity contribution is -0.145. The van der Waals surface area contributed by atoms with Gasteiger partial charge in [0.2, 0.25) is 17.7 Å². The second-order valence-electron chi connectivity index (χ2n) is 18.1. The summed E-state index contributed by atoms with van der Waals surface area (Å²) in [6.45, 7) is 3.96. The molecular formula is C50H85N3O18. The van der Waals surface area contributed by atoms with Crippen molar-refractivity contribution in [3.05, 3.63) is 0 Å². The van der Waals surface area contributed by atoms with Crippen molar-refractivity contribution in [2.24, 2.45) is 11.8 Å². The van der Waals surface area contributed by atoms with Crippen LogP contribution < -0.4 is 16.0 Å². The number of carbonyl (C=O) groups excluding carboxylic acids is 6. The van der Waals surface area contributed by atoms with Gasteiger partial charge in [0, 0.05) is 64.0 Å². The average Bonchev–Trinajstić information content (AvgIpc) is 3.31. The molecule has 0 heterocycles. The van der Waals surface area contributed by atoms with E-state index in [1.54, 1.807) is 13.8 Å². The van der Waals surface area contributed by atoms with Crippen molar-refractivity contribution in [3.63, 3.8) is 0 Å². The molecule has 0 aliphatic heterocycles. The summed E-state index contributed by atoms with van der Waals surface area (Å²) in [7, 11) is 0. The molecule has 0 aromatic carbocycles. The second kappa shape index (κ2) is 43.9. The fourth-order valence-electron chi connectivity index (χ4n) is 7.16. The Morgan fingerprint density at radius 3 is 1.41 bits per heavy atom. The number of unbranched alkanes of at least 4 members (excludes halogenated alkanes) is 13. The van der Waals surface area contributed by atoms with Crippen molar-refractivity contribution < 1.29 is 87.3 Å². The Morgan fingerprint density at radius 1 is 0.408 bits per heavy atom. The number of ketones is 3. The molecule has 71 heavy (non-hydrogen) atoms. The summed E-state index contributed by atoms with van der Waals surface area (Å²) in [6, 6.07) is -2.48. The third-order valence-electron chi connectivity index (χ3n) is 11.4. The van der Waals surface area contributed by atoms with E-state index < -0.39 is 65.4 Å². The lowest BCUT2D eigenvalue weighted by atomic mass is 9.94. The second-order valence-corrected chi connectivity index (χ2v) is 18.1. The number of nitrogens with one attached hydrogen (secondary N) is 3. The van der Waals surface area contributed by atoms with Crippen molar-refractivity contribution in [2.75, 3.05) is 59.4 Å². The summed E-state index contributed by atoms with van der Waals surface area (Å²) in [4.78, 5) is 119. The molecule has 0 aliphatic rings. The summed E-state index contributed by atoms with van der Waals surface area (Å²) < 4.78 is 21.3. The molecule has 3 amide bonds. The zero-order valence-corrected chi connectivity index (χ0v) is 42.4. The van der Waals surface area contributed by atoms with Crippen molar-refractivity contribution in [1.82, 2.24) is 16.0 Å². The van der Waals surface area contributed by atoms with Gasteiger partial charge < -0.3 is 55.3 Å². The first-order chi connectivity index (χ1) is 33.9. The fourth-order valence-corrected chi connectivity index (χ4v) is 7.16. The van der Waals surface area contributed by atoms with Gasteiger partial charge in [-0.1, -0.05) is 90.9 Å². The van der Waals surface area contributed by atoms with Crippen LogP contribution in [0.25, 0.3) is 0 Å². The first-order valence-corrected chi connectivity index (χ1v) is 25.6. The number of ether oxygens (including phenoxy) is 4. The van der Waals surface area contributed by atoms with E-state index in [1.807, 2.05) is 0 Å². The minimum Gasteiger partial charge on any atom is -0.481 e. The topological polar surface area (TPSA) is 325 Å². The first-order valence-electron chi connectivity index (χ1n) is 25.6. The standard InChI is InChI=1S/C50H85N3O18/c1-37(2)43(56)25-24-42(50(66)67)53-46(59)36-71-33-30-68-28-17-18-40(55)35-70-32-31-69-29-27-51-44(57)26-21-38(48(62)63)34-39(54)22-23-41(49(64)65)52-45(58)19-15-13-11-9-7-5-3-4-6-8-10-12-14-16-20-47(60)61/h37-38,41-42H,3-36H2,1-2H3,(H,51,57)(H,52,58)(H,53,59)(H,60,61)(H,62,63)(H,64,65)(H,66,67)/t38-,41+,42+/m1/s1. The van der Waals surface area contributed by atoms with Gasteiger partial charge in [0.15, 0.2) is 5.78 Å². The molecule has 408 valence electrons. The van der Waals surface area contributed by atoms with Crippen LogP contribution >= 0.6 is 0 Å². The highest BCUT2D eigenvalue weighted by Gasteiger charge is 2.26. The normalized spacial score (nSPS) is 12.4. The fraction of sp³-hybridized carbons (Fsp3) is 0.800. The highest BCUT2D eigenvalue weighted by atomic mass is 16.5. The lowest BCUT2D eigenvalue weighted by Gasteiger charge is -2.15. The number of carbonyl (C=O) groups is 10. The quantitative estimate of drug-likeness (QED) is 0.0385. The van der Waals surface area contributed by atoms with Crippen LogP contribution in [-0.4, -0.2) is 151 Å². The third-order valence-corrected chi connectivity index (χ3v) is 11.4. The van der Waals surface area contributed by atoms with Gasteiger partial charge in [0.1, 0.15) is 36.9 Å². The maximum absolute atomic E-state index is 12.6. The van der Waals surface area contributed by atoms with E-state index in [-0.39, 0.29) is 141 Å². The maximum Gasteiger partial charge on any atom is 0.326 e. The third kappa shape index (κ3) is 41.5. The highest BCUT2D eigenvalue weighted by molar-refractivity contribution is 5.87. The molecule has 0 radical (unpaired) electrons. The van der Waals surface area contributed by atoms with E-state index in [9.17, 15) is 63.3 Å². The molecule has 21 heteroatoms. The van der Waals surface area contributed by atoms with Gasteiger partial charge in [-0.05, 0) is 38.5 Å². The van der Waals surface area contributed by atoms with E-state index in [0.29, 0.717) is 12.8 Å². The minimum atomic E-state index is -1.29. The molecular weight excluding hydrogens is 931 g/mol. The molecule has 0 aliphatic carbocycles. The van der Waals surface area contributed by atoms with Gasteiger partial charge >= 0.3 is 23.9 Å². The maximum atomic E-state index is 12.6. The predicted octanol–water partition coefficient (Wildman–Crippen LogP) is 5.21. The van der Waals surface area contributed by atoms with Gasteiger partial charge in [-0.15, -0.1) is 0 Å². The van der Waals surface area contributed by atoms with Gasteiger partial charge in [-0.2, -0.15) is 0 Å². The summed E-state index contributed by atoms with van der Waals surface area (Å²) >= 11 is 0. The smallest absolute Gasteiger partial charge is 0.326 e. The zero-order chi connectivity index (χ0) is 53.1. The molecule has 0 aromatic heterocycles. The number of Topliss-reactive ketones (excluding diaryl/α,β-unsaturated/α-hetero) is 3. The number of carboxylic acids is 4. The first kappa shape index (κ1) is 66.1. The molecule has 7 N–H and O–H groups in total. The molecule has 0 bridgehead atoms. The molecule has 0 saturated heterocycles. The summed E-state index contributed by atoms with van der Waals surface area (Å²) in [5, 5.41) is 44.6. The Hall–Kier alpha value is -4.86. The molecule has 0 rings (SSSR count). The largest absolute Gasteiger partial charge is 0.481 e. The SMILES string of the molecule is CC(C)C(=O)CC[C@H](NC(=O)COCCOCCCC(=O)COCCOCCNC(=O)CC[C@H](CC(=O)CC[C@H](NC(=O)CCCCCCCCCCCCCCCCC(=O)O)C(=O)O)C(=O)O)C(=O)O. The Kier molecular flexibility index (Phi) is 40.9. The van der Waals surface area contributed by atoms with Crippen LogP contribution in [0.4, 0.5) is 0 Å². The monoisotopic (exact) mass is 1020 g/mol. The van der Waals surface area contributed by atoms with Crippen LogP contribution in [0.3, 0.4) is 0 Å². The van der Waals surface area contributed by atoms with Gasteiger partial charge in [0.05, 0.1) is 39.0 Å². The van der Waals surface area contributed by atoms with Crippen LogP contribution in [0, 0.1) is 11.8 Å². The van der Waals surface area contributed by atoms with Gasteiger partial charge in [0.25, 0.3) is 0 Å². The Morgan fingerprint density at radius 2 is 0.887 bits per heavy atom. The number of amides is 3. The van der Waals surface area contributed by atoms with E-state index >= 15 is 0 Å². The van der Waals surface area contributed by atoms with E-state index in [0.717, 1.165) is 57.8 Å². The zero-order valence-electron chi connectivity index (χ0n) is 42.4. The van der Waals surface area contributed by atoms with E-state index in [4.69, 9.17) is 24.1 Å². The van der Waals surface area contributed by atoms with Crippen LogP contribution in [-0.2, 0) is 66.9 Å². The molecule has 21 nitrogen and oxygen atoms in total. The van der Waals surface area contributed by atoms with Crippen molar-refractivity contribution in [1.29, 1.82) is 0 Å². The average molecular weight is 1020 g/mol. The lowest BCUT2D eigenvalue weighted by Crippen LogP contribution is -2.43.